The molecule has 0 fully saturated rings. The Morgan fingerprint density at radius 1 is 0.310 bits per heavy atom. The number of benzene rings is 12. The minimum atomic E-state index is -0.699. The molecule has 15 aromatic rings. The van der Waals surface area contributed by atoms with Gasteiger partial charge in [-0.3, -0.25) is 4.40 Å². The molecular weight excluding hydrogens is 1040 g/mol. The Labute approximate surface area is 486 Å². The summed E-state index contributed by atoms with van der Waals surface area (Å²) in [5.74, 6) is 3.44. The van der Waals surface area contributed by atoms with Crippen molar-refractivity contribution in [3.63, 3.8) is 0 Å². The van der Waals surface area contributed by atoms with Gasteiger partial charge in [-0.25, -0.2) is 4.98 Å². The lowest BCUT2D eigenvalue weighted by molar-refractivity contribution is 0.436. The van der Waals surface area contributed by atoms with Crippen LogP contribution < -0.4 is 9.47 Å². The molecule has 84 heavy (non-hydrogen) atoms. The number of para-hydroxylation sites is 4. The van der Waals surface area contributed by atoms with Crippen molar-refractivity contribution in [1.82, 2.24) is 19.6 Å². The Hall–Kier alpha value is -10.7. The maximum atomic E-state index is 6.89. The van der Waals surface area contributed by atoms with Gasteiger partial charge in [0.15, 0.2) is 0 Å². The predicted molar refractivity (Wildman–Crippen MR) is 338 cm³/mol. The molecule has 3 aromatic heterocycles. The van der Waals surface area contributed by atoms with Gasteiger partial charge in [-0.1, -0.05) is 212 Å². The summed E-state index contributed by atoms with van der Waals surface area (Å²) in [7, 11) is 0. The van der Waals surface area contributed by atoms with E-state index in [9.17, 15) is 0 Å². The number of nitrogens with zero attached hydrogens (tertiary/aromatic N) is 4. The zero-order valence-corrected chi connectivity index (χ0v) is 45.7. The van der Waals surface area contributed by atoms with Crippen LogP contribution in [0.3, 0.4) is 0 Å². The first-order valence-corrected chi connectivity index (χ1v) is 29.4. The lowest BCUT2D eigenvalue weighted by Crippen LogP contribution is -2.32. The van der Waals surface area contributed by atoms with Crippen molar-refractivity contribution in [2.45, 2.75) is 10.8 Å². The van der Waals surface area contributed by atoms with Gasteiger partial charge in [0, 0.05) is 44.2 Å². The van der Waals surface area contributed by atoms with Crippen LogP contribution in [0.4, 0.5) is 0 Å². The van der Waals surface area contributed by atoms with E-state index in [0.717, 1.165) is 127 Å². The quantitative estimate of drug-likeness (QED) is 0.164. The van der Waals surface area contributed by atoms with E-state index in [1.165, 1.54) is 44.5 Å². The van der Waals surface area contributed by atoms with Crippen LogP contribution in [-0.2, 0) is 10.8 Å². The molecule has 6 nitrogen and oxygen atoms in total. The number of imidazole rings is 1. The van der Waals surface area contributed by atoms with Crippen LogP contribution in [0.5, 0.6) is 23.0 Å². The molecule has 4 aliphatic rings. The number of rotatable bonds is 4. The maximum Gasteiger partial charge on any atom is 0.148 e. The molecule has 12 aromatic carbocycles. The topological polar surface area (TPSA) is 61.5 Å². The highest BCUT2D eigenvalue weighted by Crippen LogP contribution is 2.65. The number of pyridine rings is 1. The smallest absolute Gasteiger partial charge is 0.148 e. The minimum absolute atomic E-state index is 0.565. The van der Waals surface area contributed by atoms with Gasteiger partial charge in [0.1, 0.15) is 38.7 Å². The van der Waals surface area contributed by atoms with Gasteiger partial charge in [-0.2, -0.15) is 0 Å². The Morgan fingerprint density at radius 2 is 0.810 bits per heavy atom. The second kappa shape index (κ2) is 16.9. The number of aromatic nitrogens is 4. The summed E-state index contributed by atoms with van der Waals surface area (Å²) in [4.78, 5) is 5.49. The van der Waals surface area contributed by atoms with E-state index >= 15 is 0 Å². The summed E-state index contributed by atoms with van der Waals surface area (Å²) < 4.78 is 16.1. The molecule has 1 atom stereocenters. The molecule has 7 heteroatoms. The highest BCUT2D eigenvalue weighted by Gasteiger charge is 2.53. The van der Waals surface area contributed by atoms with Crippen LogP contribution in [-0.4, -0.2) is 19.6 Å². The lowest BCUT2D eigenvalue weighted by atomic mass is 9.65. The van der Waals surface area contributed by atoms with Crippen molar-refractivity contribution in [3.05, 3.63) is 311 Å². The SMILES string of the molecule is c1ccc(-c2nnc(-c3ccc4c(c3)C3(c5ccccc5O4)c4ccccc4-c4c(-c5ccc6c7ccc(-c8ccc9c(c8)C8(c%10ccccc%10O9)c9ccccc9-c9ccccc98)cc7c7nc8ccccc8n7c6c5)cccc43)s2)cc1. The van der Waals surface area contributed by atoms with Gasteiger partial charge >= 0.3 is 0 Å². The first kappa shape index (κ1) is 45.9. The molecule has 5 heterocycles. The standard InChI is InChI=1S/C77H44N4O2S/c1-2-17-45(18-3-1)74-79-80-75(84-74)49-36-40-71-64(43-49)77(61-27-11-15-32-69(61)83-71)59-25-9-6-21-55(59)72-50(22-16-28-62(72)77)48-34-38-54-51-37-33-46(41-56(51)73-78-65-29-12-13-30-66(65)81(73)67(54)44-48)47-35-39-70-63(42-47)76(60-26-10-14-31-68(60)82-70)57-23-7-4-19-52(57)53-20-5-8-24-58(53)76/h1-44H. The van der Waals surface area contributed by atoms with Crippen LogP contribution in [0.1, 0.15) is 44.5 Å². The Bertz CT molecular complexity index is 5320. The molecule has 2 aliphatic carbocycles. The Morgan fingerprint density at radius 3 is 1.54 bits per heavy atom. The number of ether oxygens (including phenoxy) is 2. The zero-order valence-electron chi connectivity index (χ0n) is 44.9. The highest BCUT2D eigenvalue weighted by molar-refractivity contribution is 7.17. The number of hydrogen-bond donors (Lipinski definition) is 0. The Kier molecular flexibility index (Phi) is 9.26. The van der Waals surface area contributed by atoms with Crippen LogP contribution in [0.2, 0.25) is 0 Å². The van der Waals surface area contributed by atoms with Gasteiger partial charge < -0.3 is 9.47 Å². The van der Waals surface area contributed by atoms with Gasteiger partial charge in [0.2, 0.25) is 0 Å². The highest BCUT2D eigenvalue weighted by atomic mass is 32.1. The average Bonchev–Trinajstić information content (AvgIpc) is 1.65. The van der Waals surface area contributed by atoms with E-state index < -0.39 is 10.8 Å². The monoisotopic (exact) mass is 1090 g/mol. The minimum Gasteiger partial charge on any atom is -0.457 e. The molecule has 0 saturated heterocycles. The summed E-state index contributed by atoms with van der Waals surface area (Å²) >= 11 is 1.61. The average molecular weight is 1090 g/mol. The zero-order chi connectivity index (χ0) is 54.8. The largest absolute Gasteiger partial charge is 0.457 e. The van der Waals surface area contributed by atoms with E-state index in [0.29, 0.717) is 0 Å². The van der Waals surface area contributed by atoms with Crippen molar-refractivity contribution >= 4 is 49.7 Å². The molecule has 390 valence electrons. The van der Waals surface area contributed by atoms with E-state index in [1.54, 1.807) is 11.3 Å². The summed E-state index contributed by atoms with van der Waals surface area (Å²) in [6.07, 6.45) is 0. The molecule has 2 aliphatic heterocycles. The van der Waals surface area contributed by atoms with Crippen LogP contribution in [0, 0.1) is 0 Å². The molecule has 0 saturated carbocycles. The first-order valence-electron chi connectivity index (χ1n) is 28.6. The van der Waals surface area contributed by atoms with E-state index in [2.05, 4.69) is 258 Å². The van der Waals surface area contributed by atoms with Gasteiger partial charge in [0.25, 0.3) is 0 Å². The molecule has 1 unspecified atom stereocenters. The van der Waals surface area contributed by atoms with Gasteiger partial charge in [0.05, 0.1) is 27.4 Å². The van der Waals surface area contributed by atoms with E-state index in [4.69, 9.17) is 19.6 Å². The Balaban J connectivity index is 0.795. The summed E-state index contributed by atoms with van der Waals surface area (Å²) in [5.41, 5.74) is 23.7. The van der Waals surface area contributed by atoms with Gasteiger partial charge in [-0.15, -0.1) is 10.2 Å². The maximum absolute atomic E-state index is 6.89. The van der Waals surface area contributed by atoms with Crippen molar-refractivity contribution in [1.29, 1.82) is 0 Å². The predicted octanol–water partition coefficient (Wildman–Crippen LogP) is 19.3. The molecule has 0 radical (unpaired) electrons. The van der Waals surface area contributed by atoms with Crippen molar-refractivity contribution in [2.75, 3.05) is 0 Å². The molecule has 0 amide bonds. The summed E-state index contributed by atoms with van der Waals surface area (Å²) in [6, 6.07) is 97.0. The molecule has 19 rings (SSSR count). The second-order valence-corrected chi connectivity index (χ2v) is 23.5. The molecule has 0 N–H and O–H groups in total. The third kappa shape index (κ3) is 6.00. The molecule has 0 bridgehead atoms. The normalized spacial score (nSPS) is 15.2. The fourth-order valence-electron chi connectivity index (χ4n) is 15.1. The van der Waals surface area contributed by atoms with Crippen molar-refractivity contribution < 1.29 is 9.47 Å². The third-order valence-corrected chi connectivity index (χ3v) is 19.5. The van der Waals surface area contributed by atoms with Crippen molar-refractivity contribution in [3.8, 4) is 88.6 Å². The number of fused-ring (bicyclic) bond motifs is 26. The van der Waals surface area contributed by atoms with Crippen molar-refractivity contribution in [2.24, 2.45) is 0 Å². The van der Waals surface area contributed by atoms with Crippen LogP contribution >= 0.6 is 11.3 Å². The summed E-state index contributed by atoms with van der Waals surface area (Å²) in [6.45, 7) is 0. The second-order valence-electron chi connectivity index (χ2n) is 22.5. The van der Waals surface area contributed by atoms with Crippen LogP contribution in [0.15, 0.2) is 267 Å². The van der Waals surface area contributed by atoms with E-state index in [1.807, 2.05) is 18.2 Å². The third-order valence-electron chi connectivity index (χ3n) is 18.5. The van der Waals surface area contributed by atoms with Crippen LogP contribution in [0.25, 0.3) is 104 Å². The van der Waals surface area contributed by atoms with E-state index in [-0.39, 0.29) is 0 Å². The number of hydrogen-bond acceptors (Lipinski definition) is 6. The molecular formula is C77H44N4O2S. The first-order chi connectivity index (χ1) is 41.6. The molecule has 2 spiro atoms. The van der Waals surface area contributed by atoms with Gasteiger partial charge in [-0.05, 0) is 139 Å². The fourth-order valence-corrected chi connectivity index (χ4v) is 15.9. The fraction of sp³-hybridized carbons (Fsp3) is 0.0260. The lowest BCUT2D eigenvalue weighted by Gasteiger charge is -2.39. The summed E-state index contributed by atoms with van der Waals surface area (Å²) in [5, 5.41) is 14.6.